The zero-order valence-corrected chi connectivity index (χ0v) is 21.2. The number of thiazole rings is 1. The van der Waals surface area contributed by atoms with Crippen LogP contribution in [0, 0.1) is 6.92 Å². The quantitative estimate of drug-likeness (QED) is 0.278. The van der Waals surface area contributed by atoms with E-state index < -0.39 is 15.9 Å². The summed E-state index contributed by atoms with van der Waals surface area (Å²) in [6.07, 6.45) is 2.94. The van der Waals surface area contributed by atoms with E-state index in [1.165, 1.54) is 38.7 Å². The van der Waals surface area contributed by atoms with E-state index in [0.717, 1.165) is 11.3 Å². The van der Waals surface area contributed by atoms with E-state index in [2.05, 4.69) is 20.3 Å². The minimum absolute atomic E-state index is 0.0192. The first kappa shape index (κ1) is 24.3. The van der Waals surface area contributed by atoms with Crippen LogP contribution >= 0.6 is 34.7 Å². The van der Waals surface area contributed by atoms with Crippen molar-refractivity contribution in [1.82, 2.24) is 18.8 Å². The average Bonchev–Trinajstić information content (AvgIpc) is 3.20. The third kappa shape index (κ3) is 4.70. The molecule has 0 saturated carbocycles. The Morgan fingerprint density at radius 3 is 2.62 bits per heavy atom. The Balaban J connectivity index is 1.71. The van der Waals surface area contributed by atoms with Gasteiger partial charge >= 0.3 is 0 Å². The summed E-state index contributed by atoms with van der Waals surface area (Å²) in [4.78, 5) is 25.9. The van der Waals surface area contributed by atoms with Crippen LogP contribution in [-0.4, -0.2) is 47.3 Å². The van der Waals surface area contributed by atoms with E-state index in [4.69, 9.17) is 28.1 Å². The number of sulfonamides is 1. The molecule has 13 heteroatoms. The second kappa shape index (κ2) is 9.43. The highest BCUT2D eigenvalue weighted by Crippen LogP contribution is 2.35. The summed E-state index contributed by atoms with van der Waals surface area (Å²) < 4.78 is 31.2. The summed E-state index contributed by atoms with van der Waals surface area (Å²) in [5.41, 5.74) is 2.64. The summed E-state index contributed by atoms with van der Waals surface area (Å²) in [6.45, 7) is 1.80. The van der Waals surface area contributed by atoms with E-state index in [-0.39, 0.29) is 15.6 Å². The summed E-state index contributed by atoms with van der Waals surface area (Å²) in [7, 11) is -1.09. The first-order chi connectivity index (χ1) is 16.1. The lowest BCUT2D eigenvalue weighted by molar-refractivity contribution is 0.102. The molecule has 0 atom stereocenters. The number of carbonyl (C=O) groups is 1. The van der Waals surface area contributed by atoms with Crippen LogP contribution < -0.4 is 10.1 Å². The van der Waals surface area contributed by atoms with E-state index in [1.807, 2.05) is 0 Å². The van der Waals surface area contributed by atoms with Gasteiger partial charge in [0.25, 0.3) is 15.9 Å². The van der Waals surface area contributed by atoms with Crippen molar-refractivity contribution in [2.24, 2.45) is 0 Å². The molecule has 0 aliphatic heterocycles. The Bertz CT molecular complexity index is 1520. The second-order valence-electron chi connectivity index (χ2n) is 7.08. The second-order valence-corrected chi connectivity index (χ2v) is 11.2. The number of ether oxygens (including phenoxy) is 1. The highest BCUT2D eigenvalue weighted by molar-refractivity contribution is 7.90. The summed E-state index contributed by atoms with van der Waals surface area (Å²) in [5.74, 6) is -0.00749. The minimum atomic E-state index is -3.82. The fourth-order valence-corrected chi connectivity index (χ4v) is 5.35. The maximum Gasteiger partial charge on any atom is 0.259 e. The number of nitrogens with one attached hydrogen (secondary N) is 1. The van der Waals surface area contributed by atoms with Crippen LogP contribution in [0.4, 0.5) is 5.13 Å². The van der Waals surface area contributed by atoms with Crippen molar-refractivity contribution in [2.75, 3.05) is 19.5 Å². The Morgan fingerprint density at radius 1 is 1.15 bits per heavy atom. The number of anilines is 1. The molecule has 4 aromatic rings. The molecule has 34 heavy (non-hydrogen) atoms. The fourth-order valence-electron chi connectivity index (χ4n) is 3.18. The Labute approximate surface area is 209 Å². The molecule has 0 bridgehead atoms. The summed E-state index contributed by atoms with van der Waals surface area (Å²) >= 11 is 12.9. The van der Waals surface area contributed by atoms with Crippen molar-refractivity contribution >= 4 is 66.0 Å². The number of hydrogen-bond donors (Lipinski definition) is 1. The largest absolute Gasteiger partial charge is 0.494 e. The van der Waals surface area contributed by atoms with Crippen molar-refractivity contribution in [3.8, 4) is 16.9 Å². The lowest BCUT2D eigenvalue weighted by atomic mass is 10.0. The molecule has 0 unspecified atom stereocenters. The van der Waals surface area contributed by atoms with Crippen LogP contribution in [0.15, 0.2) is 47.6 Å². The molecule has 1 amide bonds. The Kier molecular flexibility index (Phi) is 6.74. The zero-order valence-electron chi connectivity index (χ0n) is 18.0. The topological polar surface area (TPSA) is 114 Å². The molecule has 0 aliphatic carbocycles. The van der Waals surface area contributed by atoms with Crippen LogP contribution in [0.2, 0.25) is 5.15 Å². The van der Waals surface area contributed by atoms with Crippen LogP contribution in [0.1, 0.15) is 16.1 Å². The maximum absolute atomic E-state index is 13.2. The monoisotopic (exact) mass is 537 g/mol. The van der Waals surface area contributed by atoms with Gasteiger partial charge in [-0.25, -0.2) is 18.4 Å². The smallest absolute Gasteiger partial charge is 0.259 e. The number of methoxy groups -OCH3 is 1. The van der Waals surface area contributed by atoms with Gasteiger partial charge in [-0.2, -0.15) is 0 Å². The van der Waals surface area contributed by atoms with Crippen molar-refractivity contribution in [3.63, 3.8) is 0 Å². The number of fused-ring (bicyclic) bond motifs is 1. The average molecular weight is 538 g/mol. The number of aryl methyl sites for hydroxylation is 1. The number of benzene rings is 1. The lowest BCUT2D eigenvalue weighted by Crippen LogP contribution is -2.16. The van der Waals surface area contributed by atoms with Gasteiger partial charge in [0.1, 0.15) is 10.9 Å². The molecule has 0 aliphatic rings. The van der Waals surface area contributed by atoms with Crippen LogP contribution in [0.5, 0.6) is 5.75 Å². The first-order valence-electron chi connectivity index (χ1n) is 9.63. The van der Waals surface area contributed by atoms with Gasteiger partial charge in [0.15, 0.2) is 5.13 Å². The zero-order chi connectivity index (χ0) is 24.6. The fraction of sp³-hybridized carbons (Fsp3) is 0.143. The number of carbonyl (C=O) groups excluding carboxylic acids is 1. The SMILES string of the molecule is COc1cnc(Cl)cc1-c1cc(C)ncc1C(=O)Nc1nc2ccc(S(=O)(=O)N(C)Cl)cc2s1. The lowest BCUT2D eigenvalue weighted by Gasteiger charge is -2.13. The molecular weight excluding hydrogens is 521 g/mol. The van der Waals surface area contributed by atoms with Gasteiger partial charge < -0.3 is 4.74 Å². The first-order valence-corrected chi connectivity index (χ1v) is 12.6. The molecule has 0 spiro atoms. The van der Waals surface area contributed by atoms with Gasteiger partial charge in [0.2, 0.25) is 0 Å². The molecule has 4 rings (SSSR count). The van der Waals surface area contributed by atoms with Crippen molar-refractivity contribution in [2.45, 2.75) is 11.8 Å². The molecule has 176 valence electrons. The van der Waals surface area contributed by atoms with E-state index >= 15 is 0 Å². The predicted molar refractivity (Wildman–Crippen MR) is 132 cm³/mol. The highest BCUT2D eigenvalue weighted by Gasteiger charge is 2.22. The third-order valence-electron chi connectivity index (χ3n) is 4.84. The number of amides is 1. The van der Waals surface area contributed by atoms with Crippen LogP contribution in [-0.2, 0) is 10.0 Å². The molecule has 1 N–H and O–H groups in total. The van der Waals surface area contributed by atoms with Gasteiger partial charge in [-0.3, -0.25) is 15.1 Å². The molecule has 0 radical (unpaired) electrons. The van der Waals surface area contributed by atoms with Crippen molar-refractivity contribution < 1.29 is 17.9 Å². The highest BCUT2D eigenvalue weighted by atomic mass is 35.5. The van der Waals surface area contributed by atoms with E-state index in [9.17, 15) is 13.2 Å². The summed E-state index contributed by atoms with van der Waals surface area (Å²) in [5, 5.41) is 3.30. The van der Waals surface area contributed by atoms with Crippen LogP contribution in [0.3, 0.4) is 0 Å². The van der Waals surface area contributed by atoms with Gasteiger partial charge in [-0.1, -0.05) is 22.9 Å². The number of hydrogen-bond acceptors (Lipinski definition) is 8. The predicted octanol–water partition coefficient (Wildman–Crippen LogP) is 4.75. The third-order valence-corrected chi connectivity index (χ3v) is 8.04. The van der Waals surface area contributed by atoms with Gasteiger partial charge in [-0.15, -0.1) is 3.82 Å². The van der Waals surface area contributed by atoms with E-state index in [1.54, 1.807) is 25.1 Å². The molecule has 9 nitrogen and oxygen atoms in total. The Hall–Kier alpha value is -2.83. The van der Waals surface area contributed by atoms with Gasteiger partial charge in [0.05, 0.1) is 34.0 Å². The molecule has 3 heterocycles. The molecule has 1 aromatic carbocycles. The molecule has 0 saturated heterocycles. The molecule has 3 aromatic heterocycles. The van der Waals surface area contributed by atoms with E-state index in [0.29, 0.717) is 41.7 Å². The Morgan fingerprint density at radius 2 is 1.91 bits per heavy atom. The van der Waals surface area contributed by atoms with Crippen molar-refractivity contribution in [1.29, 1.82) is 0 Å². The minimum Gasteiger partial charge on any atom is -0.494 e. The number of aromatic nitrogens is 3. The standard InChI is InChI=1S/C21H17Cl2N5O4S2/c1-11-6-13(14-8-19(22)25-10-17(14)32-3)15(9-24-11)20(29)27-21-26-16-5-4-12(7-18(16)33-21)34(30,31)28(2)23/h4-10H,1-3H3,(H,26,27,29). The molecular formula is C21H17Cl2N5O4S2. The normalized spacial score (nSPS) is 11.7. The van der Waals surface area contributed by atoms with Crippen molar-refractivity contribution in [3.05, 3.63) is 59.1 Å². The van der Waals surface area contributed by atoms with Crippen LogP contribution in [0.25, 0.3) is 21.3 Å². The maximum atomic E-state index is 13.2. The number of pyridine rings is 2. The van der Waals surface area contributed by atoms with Gasteiger partial charge in [-0.05, 0) is 49.0 Å². The number of nitrogens with zero attached hydrogens (tertiary/aromatic N) is 4. The molecule has 0 fully saturated rings. The number of rotatable bonds is 6. The summed E-state index contributed by atoms with van der Waals surface area (Å²) in [6, 6.07) is 7.78. The van der Waals surface area contributed by atoms with Gasteiger partial charge in [0, 0.05) is 30.1 Å². The number of halogens is 2.